The van der Waals surface area contributed by atoms with Crippen LogP contribution < -0.4 is 0 Å². The summed E-state index contributed by atoms with van der Waals surface area (Å²) in [6, 6.07) is 0. The Balaban J connectivity index is 1.54. The van der Waals surface area contributed by atoms with Crippen molar-refractivity contribution >= 4 is 0 Å². The lowest BCUT2D eigenvalue weighted by molar-refractivity contribution is -0.359. The van der Waals surface area contributed by atoms with Crippen molar-refractivity contribution in [2.24, 2.45) is 0 Å². The second-order valence-corrected chi connectivity index (χ2v) is 11.6. The summed E-state index contributed by atoms with van der Waals surface area (Å²) in [5.41, 5.74) is 0. The highest BCUT2D eigenvalue weighted by atomic mass is 16.7. The van der Waals surface area contributed by atoms with Gasteiger partial charge >= 0.3 is 0 Å². The second kappa shape index (κ2) is 22.1. The predicted octanol–water partition coefficient (Wildman–Crippen LogP) is 1.13. The average Bonchev–Trinajstić information content (AvgIpc) is 2.99. The van der Waals surface area contributed by atoms with E-state index in [0.29, 0.717) is 6.61 Å². The Morgan fingerprint density at radius 3 is 1.55 bits per heavy atom. The lowest BCUT2D eigenvalue weighted by Crippen LogP contribution is -2.64. The van der Waals surface area contributed by atoms with Gasteiger partial charge in [0.2, 0.25) is 0 Å². The van der Waals surface area contributed by atoms with E-state index in [1.807, 2.05) is 0 Å². The molecule has 0 spiro atoms. The molecule has 0 aromatic heterocycles. The fourth-order valence-electron chi connectivity index (χ4n) is 5.42. The van der Waals surface area contributed by atoms with E-state index in [2.05, 4.69) is 6.92 Å². The molecule has 2 saturated heterocycles. The molecule has 12 heteroatoms. The Morgan fingerprint density at radius 2 is 1.00 bits per heavy atom. The van der Waals surface area contributed by atoms with Crippen molar-refractivity contribution in [3.05, 3.63) is 0 Å². The SMILES string of the molecule is CCCCCCCCCCCCCCCCOCCO[C@@H]1O[C@H](CO)[C@@H](O[C@H]2O[C@H](CO)[C@@H](O)[C@H](O)[C@H]2O)[C@H](O)[C@H]1O. The Hall–Kier alpha value is -0.480. The lowest BCUT2D eigenvalue weighted by atomic mass is 9.97. The smallest absolute Gasteiger partial charge is 0.187 e. The molecule has 0 amide bonds. The average molecular weight is 611 g/mol. The van der Waals surface area contributed by atoms with Crippen molar-refractivity contribution in [2.75, 3.05) is 33.0 Å². The van der Waals surface area contributed by atoms with Gasteiger partial charge in [-0.1, -0.05) is 90.4 Å². The van der Waals surface area contributed by atoms with Gasteiger partial charge in [0.1, 0.15) is 48.8 Å². The van der Waals surface area contributed by atoms with Crippen LogP contribution in [0, 0.1) is 0 Å². The van der Waals surface area contributed by atoms with Crippen LogP contribution in [-0.4, -0.2) is 130 Å². The molecule has 250 valence electrons. The fourth-order valence-corrected chi connectivity index (χ4v) is 5.42. The molecular weight excluding hydrogens is 552 g/mol. The van der Waals surface area contributed by atoms with Crippen molar-refractivity contribution in [1.29, 1.82) is 0 Å². The molecule has 0 aromatic carbocycles. The number of ether oxygens (including phenoxy) is 5. The van der Waals surface area contributed by atoms with Crippen molar-refractivity contribution in [2.45, 2.75) is 158 Å². The number of aliphatic hydroxyl groups excluding tert-OH is 7. The van der Waals surface area contributed by atoms with E-state index in [1.54, 1.807) is 0 Å². The normalized spacial score (nSPS) is 33.7. The van der Waals surface area contributed by atoms with Crippen LogP contribution in [0.25, 0.3) is 0 Å². The van der Waals surface area contributed by atoms with Gasteiger partial charge in [-0.25, -0.2) is 0 Å². The fraction of sp³-hybridized carbons (Fsp3) is 1.00. The molecule has 2 aliphatic heterocycles. The van der Waals surface area contributed by atoms with Gasteiger partial charge in [0, 0.05) is 6.61 Å². The van der Waals surface area contributed by atoms with Crippen LogP contribution >= 0.6 is 0 Å². The summed E-state index contributed by atoms with van der Waals surface area (Å²) in [6.07, 6.45) is 3.41. The Labute approximate surface area is 250 Å². The van der Waals surface area contributed by atoms with Gasteiger partial charge in [-0.05, 0) is 6.42 Å². The molecule has 0 unspecified atom stereocenters. The molecule has 2 heterocycles. The van der Waals surface area contributed by atoms with Crippen molar-refractivity contribution < 1.29 is 59.4 Å². The van der Waals surface area contributed by atoms with Crippen LogP contribution in [-0.2, 0) is 23.7 Å². The first-order valence-electron chi connectivity index (χ1n) is 16.1. The van der Waals surface area contributed by atoms with E-state index in [1.165, 1.54) is 77.0 Å². The van der Waals surface area contributed by atoms with Gasteiger partial charge in [-0.3, -0.25) is 0 Å². The summed E-state index contributed by atoms with van der Waals surface area (Å²) in [6.45, 7) is 1.96. The highest BCUT2D eigenvalue weighted by molar-refractivity contribution is 4.94. The van der Waals surface area contributed by atoms with E-state index in [-0.39, 0.29) is 13.2 Å². The van der Waals surface area contributed by atoms with E-state index in [9.17, 15) is 35.7 Å². The zero-order chi connectivity index (χ0) is 30.7. The minimum Gasteiger partial charge on any atom is -0.394 e. The van der Waals surface area contributed by atoms with Gasteiger partial charge in [0.15, 0.2) is 12.6 Å². The van der Waals surface area contributed by atoms with Crippen molar-refractivity contribution in [3.8, 4) is 0 Å². The van der Waals surface area contributed by atoms with E-state index >= 15 is 0 Å². The number of unbranched alkanes of at least 4 members (excludes halogenated alkanes) is 13. The zero-order valence-electron chi connectivity index (χ0n) is 25.4. The molecule has 0 aliphatic carbocycles. The van der Waals surface area contributed by atoms with Crippen LogP contribution in [0.3, 0.4) is 0 Å². The molecule has 10 atom stereocenters. The third kappa shape index (κ3) is 12.9. The van der Waals surface area contributed by atoms with Crippen LogP contribution in [0.1, 0.15) is 96.8 Å². The maximum atomic E-state index is 10.6. The summed E-state index contributed by atoms with van der Waals surface area (Å²) >= 11 is 0. The largest absolute Gasteiger partial charge is 0.394 e. The summed E-state index contributed by atoms with van der Waals surface area (Å²) < 4.78 is 27.6. The minimum absolute atomic E-state index is 0.101. The predicted molar refractivity (Wildman–Crippen MR) is 153 cm³/mol. The molecular formula is C30H58O12. The maximum absolute atomic E-state index is 10.6. The first-order chi connectivity index (χ1) is 20.3. The molecule has 2 aliphatic rings. The monoisotopic (exact) mass is 610 g/mol. The summed E-state index contributed by atoms with van der Waals surface area (Å²) in [7, 11) is 0. The molecule has 12 nitrogen and oxygen atoms in total. The van der Waals surface area contributed by atoms with Crippen LogP contribution in [0.4, 0.5) is 0 Å². The third-order valence-corrected chi connectivity index (χ3v) is 8.11. The van der Waals surface area contributed by atoms with Crippen LogP contribution in [0.15, 0.2) is 0 Å². The molecule has 0 aromatic rings. The minimum atomic E-state index is -1.71. The third-order valence-electron chi connectivity index (χ3n) is 8.11. The highest BCUT2D eigenvalue weighted by Crippen LogP contribution is 2.29. The number of hydrogen-bond donors (Lipinski definition) is 7. The van der Waals surface area contributed by atoms with Crippen molar-refractivity contribution in [1.82, 2.24) is 0 Å². The number of rotatable bonds is 23. The lowest BCUT2D eigenvalue weighted by Gasteiger charge is -2.45. The molecule has 7 N–H and O–H groups in total. The standard InChI is InChI=1S/C30H58O12/c1-2-3-4-5-6-7-8-9-10-11-12-13-14-15-16-38-17-18-39-29-27(37)25(35)28(22(20-32)41-29)42-30-26(36)24(34)23(33)21(19-31)40-30/h21-37H,2-20H2,1H3/t21-,22-,23-,24+,25-,26-,27-,28-,29-,30-/m1/s1. The first kappa shape index (κ1) is 37.7. The molecule has 0 bridgehead atoms. The van der Waals surface area contributed by atoms with Gasteiger partial charge in [-0.15, -0.1) is 0 Å². The molecule has 0 radical (unpaired) electrons. The molecule has 2 rings (SSSR count). The maximum Gasteiger partial charge on any atom is 0.187 e. The van der Waals surface area contributed by atoms with Crippen LogP contribution in [0.2, 0.25) is 0 Å². The van der Waals surface area contributed by atoms with Gasteiger partial charge < -0.3 is 59.4 Å². The Morgan fingerprint density at radius 1 is 0.500 bits per heavy atom. The Kier molecular flexibility index (Phi) is 19.8. The highest BCUT2D eigenvalue weighted by Gasteiger charge is 2.50. The summed E-state index contributed by atoms with van der Waals surface area (Å²) in [5.74, 6) is 0. The summed E-state index contributed by atoms with van der Waals surface area (Å²) in [4.78, 5) is 0. The quantitative estimate of drug-likeness (QED) is 0.0819. The van der Waals surface area contributed by atoms with E-state index in [4.69, 9.17) is 23.7 Å². The van der Waals surface area contributed by atoms with Gasteiger partial charge in [-0.2, -0.15) is 0 Å². The van der Waals surface area contributed by atoms with Crippen molar-refractivity contribution in [3.63, 3.8) is 0 Å². The van der Waals surface area contributed by atoms with Gasteiger partial charge in [0.05, 0.1) is 26.4 Å². The summed E-state index contributed by atoms with van der Waals surface area (Å²) in [5, 5.41) is 70.4. The number of hydrogen-bond acceptors (Lipinski definition) is 12. The first-order valence-corrected chi connectivity index (χ1v) is 16.1. The Bertz CT molecular complexity index is 654. The van der Waals surface area contributed by atoms with Gasteiger partial charge in [0.25, 0.3) is 0 Å². The molecule has 0 saturated carbocycles. The number of aliphatic hydroxyl groups is 7. The van der Waals surface area contributed by atoms with Crippen LogP contribution in [0.5, 0.6) is 0 Å². The second-order valence-electron chi connectivity index (χ2n) is 11.6. The van der Waals surface area contributed by atoms with E-state index < -0.39 is 74.6 Å². The molecule has 2 fully saturated rings. The molecule has 42 heavy (non-hydrogen) atoms. The zero-order valence-corrected chi connectivity index (χ0v) is 25.4. The van der Waals surface area contributed by atoms with E-state index in [0.717, 1.165) is 12.8 Å². The topological polar surface area (TPSA) is 188 Å².